The summed E-state index contributed by atoms with van der Waals surface area (Å²) in [7, 11) is -4.24. The number of amides is 1. The summed E-state index contributed by atoms with van der Waals surface area (Å²) in [6.45, 7) is 0.211. The number of hydrogen-bond acceptors (Lipinski definition) is 4. The summed E-state index contributed by atoms with van der Waals surface area (Å²) in [5.41, 5.74) is 0.767. The molecule has 1 aromatic heterocycles. The number of hydrogen-bond donors (Lipinski definition) is 2. The van der Waals surface area contributed by atoms with E-state index in [4.69, 9.17) is 11.6 Å². The largest absolute Gasteiger partial charge is 0.350 e. The Labute approximate surface area is 177 Å². The van der Waals surface area contributed by atoms with Crippen molar-refractivity contribution < 1.29 is 17.6 Å². The number of nitrogens with one attached hydrogen (secondary N) is 2. The summed E-state index contributed by atoms with van der Waals surface area (Å²) in [4.78, 5) is 13.1. The zero-order valence-electron chi connectivity index (χ0n) is 15.1. The van der Waals surface area contributed by atoms with Gasteiger partial charge in [0.1, 0.15) is 16.8 Å². The summed E-state index contributed by atoms with van der Waals surface area (Å²) in [5.74, 6) is -1.40. The molecule has 0 aliphatic carbocycles. The third-order valence-electron chi connectivity index (χ3n) is 4.09. The lowest BCUT2D eigenvalue weighted by molar-refractivity contribution is -0.122. The van der Waals surface area contributed by atoms with Crippen LogP contribution in [0.5, 0.6) is 0 Å². The molecule has 0 bridgehead atoms. The average molecular weight is 453 g/mol. The van der Waals surface area contributed by atoms with Gasteiger partial charge in [-0.2, -0.15) is 4.72 Å². The number of sulfonamides is 1. The zero-order chi connectivity index (χ0) is 20.9. The van der Waals surface area contributed by atoms with E-state index in [1.807, 2.05) is 6.07 Å². The van der Waals surface area contributed by atoms with E-state index in [-0.39, 0.29) is 13.0 Å². The highest BCUT2D eigenvalue weighted by molar-refractivity contribution is 7.89. The summed E-state index contributed by atoms with van der Waals surface area (Å²) in [6, 6.07) is 16.4. The van der Waals surface area contributed by atoms with E-state index in [2.05, 4.69) is 10.0 Å². The molecule has 0 fully saturated rings. The molecule has 0 aliphatic rings. The number of rotatable bonds is 8. The molecule has 9 heteroatoms. The van der Waals surface area contributed by atoms with Crippen LogP contribution in [0, 0.1) is 5.82 Å². The van der Waals surface area contributed by atoms with E-state index >= 15 is 0 Å². The second-order valence-electron chi connectivity index (χ2n) is 6.22. The monoisotopic (exact) mass is 452 g/mol. The molecule has 3 aromatic rings. The van der Waals surface area contributed by atoms with Crippen LogP contribution in [0.1, 0.15) is 10.4 Å². The molecule has 29 heavy (non-hydrogen) atoms. The van der Waals surface area contributed by atoms with Crippen molar-refractivity contribution in [1.29, 1.82) is 0 Å². The highest BCUT2D eigenvalue weighted by Gasteiger charge is 2.27. The molecule has 1 atom stereocenters. The second-order valence-corrected chi connectivity index (χ2v) is 9.70. The van der Waals surface area contributed by atoms with Gasteiger partial charge >= 0.3 is 0 Å². The minimum Gasteiger partial charge on any atom is -0.350 e. The van der Waals surface area contributed by atoms with Crippen molar-refractivity contribution in [3.05, 3.63) is 87.3 Å². The lowest BCUT2D eigenvalue weighted by Crippen LogP contribution is -2.47. The van der Waals surface area contributed by atoms with Gasteiger partial charge in [0.25, 0.3) is 0 Å². The van der Waals surface area contributed by atoms with Crippen LogP contribution < -0.4 is 10.0 Å². The summed E-state index contributed by atoms with van der Waals surface area (Å²) in [5, 5.41) is 2.71. The molecule has 1 heterocycles. The first-order valence-electron chi connectivity index (χ1n) is 8.68. The smallest absolute Gasteiger partial charge is 0.244 e. The Morgan fingerprint density at radius 2 is 1.72 bits per heavy atom. The molecular formula is C20H18ClFN2O3S2. The third kappa shape index (κ3) is 5.86. The highest BCUT2D eigenvalue weighted by Crippen LogP contribution is 2.21. The SMILES string of the molecule is O=C(NCc1ccc(Cl)s1)C(Cc1ccccc1)NS(=O)(=O)c1ccccc1F. The molecule has 2 aromatic carbocycles. The predicted molar refractivity (Wildman–Crippen MR) is 112 cm³/mol. The van der Waals surface area contributed by atoms with Crippen LogP contribution in [-0.4, -0.2) is 20.4 Å². The van der Waals surface area contributed by atoms with Crippen molar-refractivity contribution in [2.45, 2.75) is 23.9 Å². The van der Waals surface area contributed by atoms with Crippen molar-refractivity contribution in [3.8, 4) is 0 Å². The summed E-state index contributed by atoms with van der Waals surface area (Å²) in [6.07, 6.45) is 0.117. The van der Waals surface area contributed by atoms with Crippen molar-refractivity contribution in [3.63, 3.8) is 0 Å². The lowest BCUT2D eigenvalue weighted by Gasteiger charge is -2.19. The standard InChI is InChI=1S/C20H18ClFN2O3S2/c21-19-11-10-15(28-19)13-23-20(25)17(12-14-6-2-1-3-7-14)24-29(26,27)18-9-5-4-8-16(18)22/h1-11,17,24H,12-13H2,(H,23,25). The number of carbonyl (C=O) groups is 1. The Kier molecular flexibility index (Phi) is 7.02. The van der Waals surface area contributed by atoms with Gasteiger partial charge in [-0.05, 0) is 36.2 Å². The first-order chi connectivity index (χ1) is 13.8. The normalized spacial score (nSPS) is 12.5. The Bertz CT molecular complexity index is 1090. The fourth-order valence-corrected chi connectivity index (χ4v) is 5.00. The van der Waals surface area contributed by atoms with Gasteiger partial charge in [-0.1, -0.05) is 54.1 Å². The molecule has 1 amide bonds. The van der Waals surface area contributed by atoms with E-state index in [1.165, 1.54) is 23.5 Å². The average Bonchev–Trinajstić information content (AvgIpc) is 3.11. The van der Waals surface area contributed by atoms with Gasteiger partial charge < -0.3 is 5.32 Å². The van der Waals surface area contributed by atoms with Crippen molar-refractivity contribution >= 4 is 38.9 Å². The lowest BCUT2D eigenvalue weighted by atomic mass is 10.1. The van der Waals surface area contributed by atoms with Crippen molar-refractivity contribution in [1.82, 2.24) is 10.0 Å². The molecule has 0 saturated heterocycles. The van der Waals surface area contributed by atoms with Crippen LogP contribution in [0.15, 0.2) is 71.6 Å². The molecule has 0 spiro atoms. The highest BCUT2D eigenvalue weighted by atomic mass is 35.5. The van der Waals surface area contributed by atoms with Gasteiger partial charge in [0.2, 0.25) is 15.9 Å². The number of carbonyl (C=O) groups excluding carboxylic acids is 1. The molecule has 5 nitrogen and oxygen atoms in total. The zero-order valence-corrected chi connectivity index (χ0v) is 17.5. The quantitative estimate of drug-likeness (QED) is 0.546. The first kappa shape index (κ1) is 21.4. The van der Waals surface area contributed by atoms with E-state index in [0.29, 0.717) is 4.34 Å². The Balaban J connectivity index is 1.80. The Morgan fingerprint density at radius 1 is 1.03 bits per heavy atom. The minimum atomic E-state index is -4.24. The van der Waals surface area contributed by atoms with Crippen LogP contribution in [0.3, 0.4) is 0 Å². The van der Waals surface area contributed by atoms with E-state index < -0.39 is 32.7 Å². The second kappa shape index (κ2) is 9.49. The number of halogens is 2. The first-order valence-corrected chi connectivity index (χ1v) is 11.4. The van der Waals surface area contributed by atoms with Crippen LogP contribution in [0.25, 0.3) is 0 Å². The number of benzene rings is 2. The Morgan fingerprint density at radius 3 is 2.38 bits per heavy atom. The molecular weight excluding hydrogens is 435 g/mol. The molecule has 0 saturated carbocycles. The van der Waals surface area contributed by atoms with Gasteiger partial charge in [-0.15, -0.1) is 11.3 Å². The van der Waals surface area contributed by atoms with E-state index in [9.17, 15) is 17.6 Å². The van der Waals surface area contributed by atoms with Crippen LogP contribution >= 0.6 is 22.9 Å². The molecule has 1 unspecified atom stereocenters. The molecule has 2 N–H and O–H groups in total. The van der Waals surface area contributed by atoms with E-state index in [0.717, 1.165) is 22.6 Å². The minimum absolute atomic E-state index is 0.117. The third-order valence-corrected chi connectivity index (χ3v) is 6.82. The van der Waals surface area contributed by atoms with Crippen LogP contribution in [0.4, 0.5) is 4.39 Å². The van der Waals surface area contributed by atoms with E-state index in [1.54, 1.807) is 36.4 Å². The maximum absolute atomic E-state index is 14.0. The topological polar surface area (TPSA) is 75.3 Å². The van der Waals surface area contributed by atoms with Crippen molar-refractivity contribution in [2.24, 2.45) is 0 Å². The summed E-state index contributed by atoms with van der Waals surface area (Å²) < 4.78 is 42.3. The maximum atomic E-state index is 14.0. The van der Waals surface area contributed by atoms with Crippen molar-refractivity contribution in [2.75, 3.05) is 0 Å². The summed E-state index contributed by atoms with van der Waals surface area (Å²) >= 11 is 7.21. The maximum Gasteiger partial charge on any atom is 0.244 e. The van der Waals surface area contributed by atoms with Crippen LogP contribution in [0.2, 0.25) is 4.34 Å². The molecule has 3 rings (SSSR count). The van der Waals surface area contributed by atoms with Gasteiger partial charge in [-0.25, -0.2) is 12.8 Å². The fraction of sp³-hybridized carbons (Fsp3) is 0.150. The molecule has 0 radical (unpaired) electrons. The molecule has 152 valence electrons. The predicted octanol–water partition coefficient (Wildman–Crippen LogP) is 3.75. The van der Waals surface area contributed by atoms with Gasteiger partial charge in [-0.3, -0.25) is 4.79 Å². The van der Waals surface area contributed by atoms with Crippen LogP contribution in [-0.2, 0) is 27.8 Å². The van der Waals surface area contributed by atoms with Gasteiger partial charge in [0.05, 0.1) is 10.9 Å². The Hall–Kier alpha value is -2.26. The molecule has 0 aliphatic heterocycles. The van der Waals surface area contributed by atoms with Gasteiger partial charge in [0.15, 0.2) is 0 Å². The fourth-order valence-electron chi connectivity index (χ4n) is 2.70. The number of thiophene rings is 1. The van der Waals surface area contributed by atoms with Gasteiger partial charge in [0, 0.05) is 4.88 Å².